The van der Waals surface area contributed by atoms with Crippen LogP contribution in [0.5, 0.6) is 0 Å². The van der Waals surface area contributed by atoms with E-state index in [0.717, 1.165) is 5.57 Å². The highest BCUT2D eigenvalue weighted by Crippen LogP contribution is 2.29. The zero-order chi connectivity index (χ0) is 14.6. The van der Waals surface area contributed by atoms with Crippen molar-refractivity contribution in [3.8, 4) is 0 Å². The van der Waals surface area contributed by atoms with Crippen molar-refractivity contribution in [3.63, 3.8) is 0 Å². The standard InChI is InChI=1S/C19H22B/c1-15-9-11-19(3,20-4)12-10-16(2)14-18-8-6-5-7-17(18)13-15/h5-14,16H,1H2,2-4H3/b11-9-,12-10-,17-13?,18-14-. The van der Waals surface area contributed by atoms with Crippen molar-refractivity contribution < 1.29 is 0 Å². The molecule has 2 rings (SSSR count). The summed E-state index contributed by atoms with van der Waals surface area (Å²) in [6.45, 7) is 10.7. The summed E-state index contributed by atoms with van der Waals surface area (Å²) >= 11 is 0. The van der Waals surface area contributed by atoms with Gasteiger partial charge in [0.05, 0.1) is 0 Å². The molecule has 1 heteroatoms. The maximum Gasteiger partial charge on any atom is 0.124 e. The third-order valence-electron chi connectivity index (χ3n) is 3.82. The molecule has 0 aliphatic heterocycles. The van der Waals surface area contributed by atoms with E-state index in [1.165, 1.54) is 10.4 Å². The second-order valence-electron chi connectivity index (χ2n) is 5.72. The number of hydrogen-bond donors (Lipinski definition) is 0. The average Bonchev–Trinajstić information content (AvgIpc) is 2.46. The molecule has 0 heterocycles. The van der Waals surface area contributed by atoms with Gasteiger partial charge in [0.2, 0.25) is 0 Å². The highest BCUT2D eigenvalue weighted by molar-refractivity contribution is 6.40. The van der Waals surface area contributed by atoms with Gasteiger partial charge in [-0.3, -0.25) is 0 Å². The van der Waals surface area contributed by atoms with Crippen molar-refractivity contribution in [3.05, 3.63) is 71.2 Å². The van der Waals surface area contributed by atoms with Crippen molar-refractivity contribution in [1.82, 2.24) is 0 Å². The van der Waals surface area contributed by atoms with E-state index < -0.39 is 0 Å². The first-order chi connectivity index (χ1) is 9.52. The van der Waals surface area contributed by atoms with Gasteiger partial charge in [0.25, 0.3) is 0 Å². The summed E-state index contributed by atoms with van der Waals surface area (Å²) in [5.41, 5.74) is 1.03. The molecule has 0 amide bonds. The maximum atomic E-state index is 4.14. The summed E-state index contributed by atoms with van der Waals surface area (Å²) in [6.07, 6.45) is 13.3. The van der Waals surface area contributed by atoms with Gasteiger partial charge in [0, 0.05) is 0 Å². The third-order valence-corrected chi connectivity index (χ3v) is 3.82. The van der Waals surface area contributed by atoms with Crippen LogP contribution in [0.25, 0.3) is 12.2 Å². The van der Waals surface area contributed by atoms with Gasteiger partial charge in [-0.2, -0.15) is 0 Å². The van der Waals surface area contributed by atoms with Gasteiger partial charge in [-0.25, -0.2) is 0 Å². The van der Waals surface area contributed by atoms with Gasteiger partial charge < -0.3 is 0 Å². The van der Waals surface area contributed by atoms with Crippen molar-refractivity contribution in [2.45, 2.75) is 26.0 Å². The fraction of sp³-hybridized carbons (Fsp3) is 0.263. The quantitative estimate of drug-likeness (QED) is 0.536. The zero-order valence-electron chi connectivity index (χ0n) is 12.6. The summed E-state index contributed by atoms with van der Waals surface area (Å²) in [4.78, 5) is 0. The van der Waals surface area contributed by atoms with Crippen LogP contribution in [0, 0.1) is 5.92 Å². The molecular weight excluding hydrogens is 239 g/mol. The molecule has 1 radical (unpaired) electrons. The lowest BCUT2D eigenvalue weighted by atomic mass is 9.54. The van der Waals surface area contributed by atoms with Gasteiger partial charge in [0.1, 0.15) is 7.28 Å². The highest BCUT2D eigenvalue weighted by atomic mass is 14.1. The Bertz CT molecular complexity index is 663. The minimum atomic E-state index is -0.0184. The first kappa shape index (κ1) is 14.6. The lowest BCUT2D eigenvalue weighted by molar-refractivity contribution is 0.912. The number of fused-ring (bicyclic) bond motifs is 1. The van der Waals surface area contributed by atoms with E-state index >= 15 is 0 Å². The first-order valence-electron chi connectivity index (χ1n) is 7.19. The van der Waals surface area contributed by atoms with E-state index in [-0.39, 0.29) is 5.31 Å². The Morgan fingerprint density at radius 3 is 2.55 bits per heavy atom. The summed E-state index contributed by atoms with van der Waals surface area (Å²) < 4.78 is 0. The molecule has 1 aliphatic rings. The van der Waals surface area contributed by atoms with Crippen LogP contribution in [-0.4, -0.2) is 7.28 Å². The van der Waals surface area contributed by atoms with Gasteiger partial charge >= 0.3 is 0 Å². The molecule has 20 heavy (non-hydrogen) atoms. The van der Waals surface area contributed by atoms with E-state index in [4.69, 9.17) is 0 Å². The minimum Gasteiger partial charge on any atom is -0.0918 e. The van der Waals surface area contributed by atoms with E-state index in [2.05, 4.69) is 95.3 Å². The number of hydrogen-bond acceptors (Lipinski definition) is 0. The van der Waals surface area contributed by atoms with Crippen LogP contribution < -0.4 is 10.4 Å². The normalized spacial score (nSPS) is 30.9. The molecular formula is C19H22B. The van der Waals surface area contributed by atoms with Crippen LogP contribution in [-0.2, 0) is 0 Å². The number of allylic oxidation sites excluding steroid dienone is 5. The Morgan fingerprint density at radius 1 is 1.15 bits per heavy atom. The Balaban J connectivity index is 2.62. The van der Waals surface area contributed by atoms with Crippen molar-refractivity contribution in [2.75, 3.05) is 0 Å². The van der Waals surface area contributed by atoms with Crippen molar-refractivity contribution in [1.29, 1.82) is 0 Å². The molecule has 0 saturated carbocycles. The summed E-state index contributed by atoms with van der Waals surface area (Å²) in [5.74, 6) is 0.406. The van der Waals surface area contributed by atoms with Gasteiger partial charge in [-0.05, 0) is 33.3 Å². The van der Waals surface area contributed by atoms with Crippen LogP contribution in [0.3, 0.4) is 0 Å². The van der Waals surface area contributed by atoms with Crippen LogP contribution >= 0.6 is 0 Å². The Morgan fingerprint density at radius 2 is 1.85 bits per heavy atom. The van der Waals surface area contributed by atoms with E-state index in [9.17, 15) is 0 Å². The molecule has 0 aromatic heterocycles. The van der Waals surface area contributed by atoms with Crippen molar-refractivity contribution in [2.24, 2.45) is 5.92 Å². The van der Waals surface area contributed by atoms with Gasteiger partial charge in [-0.15, -0.1) is 0 Å². The smallest absolute Gasteiger partial charge is 0.0918 e. The van der Waals surface area contributed by atoms with Gasteiger partial charge in [-0.1, -0.05) is 81.9 Å². The van der Waals surface area contributed by atoms with Crippen molar-refractivity contribution >= 4 is 19.4 Å². The molecule has 0 nitrogen and oxygen atoms in total. The molecule has 2 unspecified atom stereocenters. The molecule has 0 spiro atoms. The minimum absolute atomic E-state index is 0.0184. The molecule has 1 aromatic rings. The molecule has 101 valence electrons. The summed E-state index contributed by atoms with van der Waals surface area (Å²) in [6, 6.07) is 8.46. The van der Waals surface area contributed by atoms with Crippen LogP contribution in [0.4, 0.5) is 0 Å². The SMILES string of the molecule is C=C1C=c2cccc/c2=C/C(C)/C=C\C(C)([B]C)/C=C\1. The van der Waals surface area contributed by atoms with Crippen LogP contribution in [0.2, 0.25) is 12.1 Å². The predicted molar refractivity (Wildman–Crippen MR) is 91.2 cm³/mol. The second-order valence-corrected chi connectivity index (χ2v) is 5.72. The third kappa shape index (κ3) is 3.63. The maximum absolute atomic E-state index is 4.14. The average molecular weight is 261 g/mol. The Kier molecular flexibility index (Phi) is 4.49. The van der Waals surface area contributed by atoms with E-state index in [0.29, 0.717) is 5.92 Å². The Hall–Kier alpha value is -1.76. The molecule has 1 aromatic carbocycles. The second kappa shape index (κ2) is 6.13. The molecule has 0 saturated heterocycles. The summed E-state index contributed by atoms with van der Waals surface area (Å²) in [5, 5.41) is 2.48. The number of rotatable bonds is 1. The highest BCUT2D eigenvalue weighted by Gasteiger charge is 2.15. The number of benzene rings is 1. The van der Waals surface area contributed by atoms with E-state index in [1.54, 1.807) is 0 Å². The lowest BCUT2D eigenvalue weighted by Gasteiger charge is -2.19. The van der Waals surface area contributed by atoms with E-state index in [1.807, 2.05) is 0 Å². The Labute approximate surface area is 123 Å². The largest absolute Gasteiger partial charge is 0.124 e. The van der Waals surface area contributed by atoms with Crippen LogP contribution in [0.15, 0.2) is 60.7 Å². The first-order valence-corrected chi connectivity index (χ1v) is 7.19. The summed E-state index contributed by atoms with van der Waals surface area (Å²) in [7, 11) is 2.21. The molecule has 0 bridgehead atoms. The van der Waals surface area contributed by atoms with Gasteiger partial charge in [0.15, 0.2) is 0 Å². The zero-order valence-corrected chi connectivity index (χ0v) is 12.6. The monoisotopic (exact) mass is 261 g/mol. The molecule has 0 fully saturated rings. The lowest BCUT2D eigenvalue weighted by Crippen LogP contribution is -2.24. The topological polar surface area (TPSA) is 0 Å². The molecule has 2 atom stereocenters. The fourth-order valence-corrected chi connectivity index (χ4v) is 2.27. The van der Waals surface area contributed by atoms with Crippen LogP contribution in [0.1, 0.15) is 13.8 Å². The molecule has 0 N–H and O–H groups in total. The predicted octanol–water partition coefficient (Wildman–Crippen LogP) is 3.50. The fourth-order valence-electron chi connectivity index (χ4n) is 2.27. The molecule has 1 aliphatic carbocycles.